The van der Waals surface area contributed by atoms with E-state index in [9.17, 15) is 9.59 Å². The molecule has 0 aliphatic heterocycles. The van der Waals surface area contributed by atoms with Crippen LogP contribution in [0.3, 0.4) is 0 Å². The molecule has 1 aromatic heterocycles. The zero-order valence-electron chi connectivity index (χ0n) is 16.1. The number of hydrogen-bond acceptors (Lipinski definition) is 4. The first-order chi connectivity index (χ1) is 13.5. The van der Waals surface area contributed by atoms with Crippen LogP contribution >= 0.6 is 0 Å². The Morgan fingerprint density at radius 1 is 0.964 bits per heavy atom. The highest BCUT2D eigenvalue weighted by molar-refractivity contribution is 6.05. The molecule has 0 saturated heterocycles. The molecule has 2 N–H and O–H groups in total. The summed E-state index contributed by atoms with van der Waals surface area (Å²) >= 11 is 0. The molecule has 6 nitrogen and oxygen atoms in total. The molecule has 144 valence electrons. The number of benzene rings is 2. The molecule has 0 aliphatic rings. The number of hydrogen-bond donors (Lipinski definition) is 2. The van der Waals surface area contributed by atoms with Crippen LogP contribution in [-0.2, 0) is 0 Å². The van der Waals surface area contributed by atoms with Gasteiger partial charge in [0.15, 0.2) is 5.76 Å². The molecule has 0 saturated carbocycles. The summed E-state index contributed by atoms with van der Waals surface area (Å²) < 4.78 is 5.11. The van der Waals surface area contributed by atoms with Gasteiger partial charge in [-0.1, -0.05) is 30.3 Å². The Labute approximate surface area is 164 Å². The summed E-state index contributed by atoms with van der Waals surface area (Å²) in [6, 6.07) is 18.1. The minimum Gasteiger partial charge on any atom is -0.459 e. The van der Waals surface area contributed by atoms with E-state index in [-0.39, 0.29) is 23.6 Å². The lowest BCUT2D eigenvalue weighted by molar-refractivity contribution is 0.0938. The smallest absolute Gasteiger partial charge is 0.291 e. The summed E-state index contributed by atoms with van der Waals surface area (Å²) in [5.74, 6) is -0.374. The molecule has 0 aliphatic carbocycles. The lowest BCUT2D eigenvalue weighted by Gasteiger charge is -2.20. The summed E-state index contributed by atoms with van der Waals surface area (Å²) in [5.41, 5.74) is 2.77. The molecule has 1 heterocycles. The van der Waals surface area contributed by atoms with Crippen molar-refractivity contribution in [1.29, 1.82) is 0 Å². The largest absolute Gasteiger partial charge is 0.459 e. The minimum atomic E-state index is -0.369. The highest BCUT2D eigenvalue weighted by atomic mass is 16.3. The highest BCUT2D eigenvalue weighted by Crippen LogP contribution is 2.24. The van der Waals surface area contributed by atoms with Crippen LogP contribution in [0.15, 0.2) is 71.3 Å². The first kappa shape index (κ1) is 19.2. The zero-order valence-corrected chi connectivity index (χ0v) is 16.1. The molecule has 28 heavy (non-hydrogen) atoms. The Kier molecular flexibility index (Phi) is 5.79. The van der Waals surface area contributed by atoms with Crippen molar-refractivity contribution < 1.29 is 14.0 Å². The third-order valence-corrected chi connectivity index (χ3v) is 4.37. The van der Waals surface area contributed by atoms with Crippen molar-refractivity contribution in [2.45, 2.75) is 13.0 Å². The van der Waals surface area contributed by atoms with Gasteiger partial charge in [-0.15, -0.1) is 0 Å². The minimum absolute atomic E-state index is 0.148. The van der Waals surface area contributed by atoms with E-state index in [1.54, 1.807) is 30.3 Å². The first-order valence-corrected chi connectivity index (χ1v) is 8.97. The van der Waals surface area contributed by atoms with E-state index >= 15 is 0 Å². The zero-order chi connectivity index (χ0) is 20.1. The van der Waals surface area contributed by atoms with E-state index in [1.165, 1.54) is 6.26 Å². The molecule has 3 aromatic rings. The van der Waals surface area contributed by atoms with E-state index in [0.29, 0.717) is 11.3 Å². The van der Waals surface area contributed by atoms with Gasteiger partial charge in [-0.05, 0) is 42.8 Å². The third kappa shape index (κ3) is 4.40. The number of anilines is 2. The Morgan fingerprint density at radius 3 is 2.36 bits per heavy atom. The number of carbonyl (C=O) groups is 2. The molecular formula is C22H23N3O3. The summed E-state index contributed by atoms with van der Waals surface area (Å²) in [4.78, 5) is 27.0. The highest BCUT2D eigenvalue weighted by Gasteiger charge is 2.18. The third-order valence-electron chi connectivity index (χ3n) is 4.37. The molecule has 2 aromatic carbocycles. The number of carbonyl (C=O) groups excluding carboxylic acids is 2. The molecule has 0 spiro atoms. The van der Waals surface area contributed by atoms with Crippen molar-refractivity contribution in [2.75, 3.05) is 24.3 Å². The van der Waals surface area contributed by atoms with Crippen LogP contribution < -0.4 is 15.5 Å². The molecule has 3 rings (SSSR count). The Balaban J connectivity index is 1.83. The van der Waals surface area contributed by atoms with Gasteiger partial charge in [0.05, 0.1) is 17.9 Å². The predicted octanol–water partition coefficient (Wildman–Crippen LogP) is 4.09. The Morgan fingerprint density at radius 2 is 1.71 bits per heavy atom. The van der Waals surface area contributed by atoms with Crippen molar-refractivity contribution in [3.05, 3.63) is 83.8 Å². The summed E-state index contributed by atoms with van der Waals surface area (Å²) in [7, 11) is 3.74. The number of furan rings is 1. The van der Waals surface area contributed by atoms with Crippen LogP contribution in [0.1, 0.15) is 39.4 Å². The standard InChI is InChI=1S/C22H23N3O3/c1-15(16-8-5-4-6-9-16)23-21(26)18-14-17(11-12-19(18)25(2)3)24-22(27)20-10-7-13-28-20/h4-15H,1-3H3,(H,23,26)(H,24,27). The Hall–Kier alpha value is -3.54. The van der Waals surface area contributed by atoms with Gasteiger partial charge in [0.25, 0.3) is 11.8 Å². The second kappa shape index (κ2) is 8.43. The van der Waals surface area contributed by atoms with Crippen molar-refractivity contribution >= 4 is 23.2 Å². The first-order valence-electron chi connectivity index (χ1n) is 8.97. The maximum Gasteiger partial charge on any atom is 0.291 e. The van der Waals surface area contributed by atoms with Gasteiger partial charge in [-0.25, -0.2) is 0 Å². The quantitative estimate of drug-likeness (QED) is 0.679. The molecule has 1 atom stereocenters. The van der Waals surface area contributed by atoms with Gasteiger partial charge in [0.1, 0.15) is 0 Å². The van der Waals surface area contributed by atoms with Crippen LogP contribution in [0.25, 0.3) is 0 Å². The van der Waals surface area contributed by atoms with Crippen LogP contribution in [0.2, 0.25) is 0 Å². The molecule has 1 unspecified atom stereocenters. The molecule has 0 radical (unpaired) electrons. The van der Waals surface area contributed by atoms with Crippen molar-refractivity contribution in [1.82, 2.24) is 5.32 Å². The lowest BCUT2D eigenvalue weighted by Crippen LogP contribution is -2.28. The predicted molar refractivity (Wildman–Crippen MR) is 110 cm³/mol. The summed E-state index contributed by atoms with van der Waals surface area (Å²) in [6.07, 6.45) is 1.44. The molecule has 6 heteroatoms. The van der Waals surface area contributed by atoms with Gasteiger partial charge >= 0.3 is 0 Å². The topological polar surface area (TPSA) is 74.6 Å². The maximum atomic E-state index is 13.0. The van der Waals surface area contributed by atoms with E-state index in [4.69, 9.17) is 4.42 Å². The molecule has 0 bridgehead atoms. The second-order valence-electron chi connectivity index (χ2n) is 6.66. The summed E-state index contributed by atoms with van der Waals surface area (Å²) in [5, 5.41) is 5.78. The lowest BCUT2D eigenvalue weighted by atomic mass is 10.1. The normalized spacial score (nSPS) is 11.5. The number of nitrogens with zero attached hydrogens (tertiary/aromatic N) is 1. The average molecular weight is 377 g/mol. The van der Waals surface area contributed by atoms with Gasteiger partial charge in [0.2, 0.25) is 0 Å². The van der Waals surface area contributed by atoms with Gasteiger partial charge in [0, 0.05) is 25.5 Å². The van der Waals surface area contributed by atoms with E-state index < -0.39 is 0 Å². The Bertz CT molecular complexity index is 950. The van der Waals surface area contributed by atoms with E-state index in [1.807, 2.05) is 56.3 Å². The summed E-state index contributed by atoms with van der Waals surface area (Å²) in [6.45, 7) is 1.94. The van der Waals surface area contributed by atoms with Gasteiger partial charge in [-0.3, -0.25) is 9.59 Å². The molecule has 0 fully saturated rings. The monoisotopic (exact) mass is 377 g/mol. The molecule has 2 amide bonds. The fraction of sp³-hybridized carbons (Fsp3) is 0.182. The van der Waals surface area contributed by atoms with Crippen molar-refractivity contribution in [3.8, 4) is 0 Å². The fourth-order valence-corrected chi connectivity index (χ4v) is 2.89. The number of amides is 2. The van der Waals surface area contributed by atoms with Crippen LogP contribution in [0, 0.1) is 0 Å². The number of nitrogens with one attached hydrogen (secondary N) is 2. The molecular weight excluding hydrogens is 354 g/mol. The van der Waals surface area contributed by atoms with Crippen molar-refractivity contribution in [3.63, 3.8) is 0 Å². The number of rotatable bonds is 6. The second-order valence-corrected chi connectivity index (χ2v) is 6.66. The van der Waals surface area contributed by atoms with Crippen LogP contribution in [0.5, 0.6) is 0 Å². The van der Waals surface area contributed by atoms with Crippen molar-refractivity contribution in [2.24, 2.45) is 0 Å². The maximum absolute atomic E-state index is 13.0. The SMILES string of the molecule is CC(NC(=O)c1cc(NC(=O)c2ccco2)ccc1N(C)C)c1ccccc1. The average Bonchev–Trinajstić information content (AvgIpc) is 3.23. The van der Waals surface area contributed by atoms with Crippen LogP contribution in [0.4, 0.5) is 11.4 Å². The van der Waals surface area contributed by atoms with Gasteiger partial charge in [-0.2, -0.15) is 0 Å². The van der Waals surface area contributed by atoms with Crippen LogP contribution in [-0.4, -0.2) is 25.9 Å². The van der Waals surface area contributed by atoms with E-state index in [2.05, 4.69) is 10.6 Å². The fourth-order valence-electron chi connectivity index (χ4n) is 2.89. The van der Waals surface area contributed by atoms with E-state index in [0.717, 1.165) is 11.3 Å². The van der Waals surface area contributed by atoms with Gasteiger partial charge < -0.3 is 20.0 Å².